The zero-order chi connectivity index (χ0) is 36.8. The van der Waals surface area contributed by atoms with Crippen molar-refractivity contribution in [3.05, 3.63) is 36.5 Å². The van der Waals surface area contributed by atoms with E-state index in [0.29, 0.717) is 38.6 Å². The Bertz CT molecular complexity index is 885. The van der Waals surface area contributed by atoms with E-state index in [1.165, 1.54) is 103 Å². The standard InChI is InChI=1S/C43H78N2O5/c1-3-5-7-9-11-13-14-15-16-17-18-19-20-21-23-25-31-37-42(47)50-39(33-28-24-22-12-10-8-6-4-2)34-29-26-27-30-36-41(46)45-40(43(48)49)35-32-38-44/h12,15-16,22,28,33,39-40H,3-11,13-14,17-21,23-27,29-32,34-38,44H2,1-2H3,(H,45,46)(H,48,49)/b16-15-,22-12-,33-28-. The zero-order valence-corrected chi connectivity index (χ0v) is 32.5. The molecule has 1 amide bonds. The average molecular weight is 703 g/mol. The summed E-state index contributed by atoms with van der Waals surface area (Å²) in [5, 5.41) is 11.9. The number of ether oxygens (including phenoxy) is 1. The predicted molar refractivity (Wildman–Crippen MR) is 211 cm³/mol. The molecule has 0 aliphatic heterocycles. The second-order valence-corrected chi connectivity index (χ2v) is 14.0. The molecule has 0 aromatic rings. The van der Waals surface area contributed by atoms with E-state index in [0.717, 1.165) is 51.4 Å². The van der Waals surface area contributed by atoms with E-state index in [4.69, 9.17) is 10.5 Å². The van der Waals surface area contributed by atoms with E-state index < -0.39 is 12.0 Å². The highest BCUT2D eigenvalue weighted by Crippen LogP contribution is 2.15. The van der Waals surface area contributed by atoms with Crippen LogP contribution in [0.4, 0.5) is 0 Å². The molecule has 0 aromatic heterocycles. The summed E-state index contributed by atoms with van der Waals surface area (Å²) in [6, 6.07) is -0.874. The van der Waals surface area contributed by atoms with Crippen molar-refractivity contribution in [2.24, 2.45) is 5.73 Å². The summed E-state index contributed by atoms with van der Waals surface area (Å²) in [5.41, 5.74) is 5.47. The molecule has 50 heavy (non-hydrogen) atoms. The fraction of sp³-hybridized carbons (Fsp3) is 0.791. The van der Waals surface area contributed by atoms with Gasteiger partial charge in [-0.25, -0.2) is 4.79 Å². The minimum atomic E-state index is -1.02. The lowest BCUT2D eigenvalue weighted by Gasteiger charge is -2.15. The van der Waals surface area contributed by atoms with Crippen LogP contribution in [-0.4, -0.2) is 41.6 Å². The lowest BCUT2D eigenvalue weighted by Crippen LogP contribution is -2.40. The zero-order valence-electron chi connectivity index (χ0n) is 32.5. The number of carbonyl (C=O) groups is 3. The molecule has 0 aliphatic carbocycles. The average Bonchev–Trinajstić information content (AvgIpc) is 3.10. The molecule has 0 spiro atoms. The van der Waals surface area contributed by atoms with Crippen molar-refractivity contribution in [2.75, 3.05) is 6.54 Å². The van der Waals surface area contributed by atoms with E-state index in [1.807, 2.05) is 6.08 Å². The molecule has 0 saturated heterocycles. The lowest BCUT2D eigenvalue weighted by molar-refractivity contribution is -0.147. The Balaban J connectivity index is 4.28. The van der Waals surface area contributed by atoms with Gasteiger partial charge in [0.15, 0.2) is 0 Å². The molecule has 0 radical (unpaired) electrons. The normalized spacial score (nSPS) is 13.0. The van der Waals surface area contributed by atoms with Crippen LogP contribution < -0.4 is 11.1 Å². The SMILES string of the molecule is CCCCC/C=C\C/C=C\C(CCCCCCC(=O)NC(CCCN)C(=O)O)OC(=O)CCCCCCCCC/C=C\CCCCCCCC. The van der Waals surface area contributed by atoms with Crippen LogP contribution in [0.15, 0.2) is 36.5 Å². The Morgan fingerprint density at radius 2 is 1.10 bits per heavy atom. The summed E-state index contributed by atoms with van der Waals surface area (Å²) in [6.45, 7) is 4.88. The summed E-state index contributed by atoms with van der Waals surface area (Å²) in [7, 11) is 0. The number of unbranched alkanes of at least 4 members (excludes halogenated alkanes) is 19. The Hall–Kier alpha value is -2.41. The smallest absolute Gasteiger partial charge is 0.326 e. The Morgan fingerprint density at radius 1 is 0.600 bits per heavy atom. The van der Waals surface area contributed by atoms with Crippen LogP contribution in [-0.2, 0) is 19.1 Å². The predicted octanol–water partition coefficient (Wildman–Crippen LogP) is 11.4. The summed E-state index contributed by atoms with van der Waals surface area (Å²) in [4.78, 5) is 36.3. The van der Waals surface area contributed by atoms with Gasteiger partial charge in [0.1, 0.15) is 12.1 Å². The maximum Gasteiger partial charge on any atom is 0.326 e. The summed E-state index contributed by atoms with van der Waals surface area (Å²) >= 11 is 0. The molecule has 0 saturated carbocycles. The quantitative estimate of drug-likeness (QED) is 0.0337. The van der Waals surface area contributed by atoms with Gasteiger partial charge in [-0.15, -0.1) is 0 Å². The highest BCUT2D eigenvalue weighted by Gasteiger charge is 2.19. The molecule has 290 valence electrons. The third-order valence-electron chi connectivity index (χ3n) is 9.16. The first-order valence-electron chi connectivity index (χ1n) is 20.8. The number of amides is 1. The van der Waals surface area contributed by atoms with Crippen LogP contribution >= 0.6 is 0 Å². The molecule has 7 nitrogen and oxygen atoms in total. The van der Waals surface area contributed by atoms with Crippen molar-refractivity contribution in [2.45, 2.75) is 212 Å². The lowest BCUT2D eigenvalue weighted by atomic mass is 10.1. The third-order valence-corrected chi connectivity index (χ3v) is 9.16. The van der Waals surface area contributed by atoms with Crippen molar-refractivity contribution in [1.29, 1.82) is 0 Å². The second-order valence-electron chi connectivity index (χ2n) is 14.0. The molecule has 0 aliphatic rings. The van der Waals surface area contributed by atoms with E-state index in [1.54, 1.807) is 0 Å². The number of nitrogens with one attached hydrogen (secondary N) is 1. The Labute approximate surface area is 307 Å². The van der Waals surface area contributed by atoms with Crippen molar-refractivity contribution >= 4 is 17.8 Å². The molecule has 2 unspecified atom stereocenters. The topological polar surface area (TPSA) is 119 Å². The molecule has 0 aromatic carbocycles. The van der Waals surface area contributed by atoms with Gasteiger partial charge in [-0.3, -0.25) is 9.59 Å². The minimum absolute atomic E-state index is 0.109. The molecule has 0 fully saturated rings. The van der Waals surface area contributed by atoms with Crippen molar-refractivity contribution in [1.82, 2.24) is 5.32 Å². The number of aliphatic carboxylic acids is 1. The number of hydrogen-bond donors (Lipinski definition) is 3. The van der Waals surface area contributed by atoms with Crippen molar-refractivity contribution in [3.8, 4) is 0 Å². The first-order chi connectivity index (χ1) is 24.4. The fourth-order valence-corrected chi connectivity index (χ4v) is 5.98. The van der Waals surface area contributed by atoms with Gasteiger partial charge in [0.2, 0.25) is 5.91 Å². The minimum Gasteiger partial charge on any atom is -0.480 e. The number of esters is 1. The van der Waals surface area contributed by atoms with Crippen LogP contribution in [0.1, 0.15) is 200 Å². The van der Waals surface area contributed by atoms with E-state index in [9.17, 15) is 19.5 Å². The first-order valence-corrected chi connectivity index (χ1v) is 20.8. The number of rotatable bonds is 37. The summed E-state index contributed by atoms with van der Waals surface area (Å²) < 4.78 is 5.90. The number of hydrogen-bond acceptors (Lipinski definition) is 5. The van der Waals surface area contributed by atoms with Crippen LogP contribution in [0.5, 0.6) is 0 Å². The molecule has 0 bridgehead atoms. The highest BCUT2D eigenvalue weighted by atomic mass is 16.5. The van der Waals surface area contributed by atoms with E-state index in [2.05, 4.69) is 49.5 Å². The number of carboxylic acid groups (broad SMARTS) is 1. The van der Waals surface area contributed by atoms with Gasteiger partial charge in [-0.2, -0.15) is 0 Å². The van der Waals surface area contributed by atoms with Crippen LogP contribution in [0.3, 0.4) is 0 Å². The number of carbonyl (C=O) groups excluding carboxylic acids is 2. The van der Waals surface area contributed by atoms with Gasteiger partial charge in [-0.05, 0) is 96.1 Å². The van der Waals surface area contributed by atoms with Crippen molar-refractivity contribution < 1.29 is 24.2 Å². The second kappa shape index (κ2) is 37.8. The van der Waals surface area contributed by atoms with Crippen LogP contribution in [0, 0.1) is 0 Å². The van der Waals surface area contributed by atoms with E-state index in [-0.39, 0.29) is 18.0 Å². The monoisotopic (exact) mass is 703 g/mol. The first kappa shape index (κ1) is 47.6. The van der Waals surface area contributed by atoms with Gasteiger partial charge in [-0.1, -0.05) is 134 Å². The van der Waals surface area contributed by atoms with E-state index >= 15 is 0 Å². The van der Waals surface area contributed by atoms with Gasteiger partial charge >= 0.3 is 11.9 Å². The molecular weight excluding hydrogens is 624 g/mol. The maximum absolute atomic E-state index is 12.7. The third kappa shape index (κ3) is 34.1. The van der Waals surface area contributed by atoms with Crippen LogP contribution in [0.25, 0.3) is 0 Å². The number of allylic oxidation sites excluding steroid dienone is 5. The van der Waals surface area contributed by atoms with Gasteiger partial charge in [0.05, 0.1) is 0 Å². The van der Waals surface area contributed by atoms with Crippen LogP contribution in [0.2, 0.25) is 0 Å². The fourth-order valence-electron chi connectivity index (χ4n) is 5.98. The van der Waals surface area contributed by atoms with Gasteiger partial charge in [0.25, 0.3) is 0 Å². The van der Waals surface area contributed by atoms with Gasteiger partial charge < -0.3 is 20.9 Å². The maximum atomic E-state index is 12.7. The molecule has 0 rings (SSSR count). The molecule has 2 atom stereocenters. The number of nitrogens with two attached hydrogens (primary N) is 1. The molecule has 4 N–H and O–H groups in total. The van der Waals surface area contributed by atoms with Gasteiger partial charge in [0, 0.05) is 12.8 Å². The Morgan fingerprint density at radius 3 is 1.70 bits per heavy atom. The Kier molecular flexibility index (Phi) is 36.0. The molecule has 7 heteroatoms. The van der Waals surface area contributed by atoms with Crippen molar-refractivity contribution in [3.63, 3.8) is 0 Å². The molecular formula is C43H78N2O5. The summed E-state index contributed by atoms with van der Waals surface area (Å²) in [6.07, 6.45) is 43.5. The number of carboxylic acids is 1. The summed E-state index contributed by atoms with van der Waals surface area (Å²) in [5.74, 6) is -1.36. The molecule has 0 heterocycles. The largest absolute Gasteiger partial charge is 0.480 e. The highest BCUT2D eigenvalue weighted by molar-refractivity contribution is 5.83.